The summed E-state index contributed by atoms with van der Waals surface area (Å²) in [6.45, 7) is 0.854. The molecule has 0 radical (unpaired) electrons. The van der Waals surface area contributed by atoms with E-state index < -0.39 is 17.7 Å². The van der Waals surface area contributed by atoms with Crippen LogP contribution in [-0.4, -0.2) is 24.5 Å². The molecule has 3 nitrogen and oxygen atoms in total. The lowest BCUT2D eigenvalue weighted by Crippen LogP contribution is -2.38. The molecule has 2 atom stereocenters. The van der Waals surface area contributed by atoms with Crippen molar-refractivity contribution in [3.63, 3.8) is 0 Å². The Labute approximate surface area is 120 Å². The molecule has 0 amide bonds. The first-order valence-corrected chi connectivity index (χ1v) is 7.08. The van der Waals surface area contributed by atoms with Crippen LogP contribution in [0.1, 0.15) is 31.2 Å². The van der Waals surface area contributed by atoms with Crippen molar-refractivity contribution in [3.05, 3.63) is 23.8 Å². The van der Waals surface area contributed by atoms with Crippen LogP contribution >= 0.6 is 0 Å². The van der Waals surface area contributed by atoms with Crippen LogP contribution in [0.25, 0.3) is 0 Å². The molecule has 0 saturated heterocycles. The first-order valence-electron chi connectivity index (χ1n) is 7.08. The molecule has 3 rings (SSSR count). The maximum atomic E-state index is 12.9. The fourth-order valence-corrected chi connectivity index (χ4v) is 3.13. The van der Waals surface area contributed by atoms with Crippen molar-refractivity contribution in [2.45, 2.75) is 37.5 Å². The summed E-state index contributed by atoms with van der Waals surface area (Å²) in [4.78, 5) is 0. The van der Waals surface area contributed by atoms with Gasteiger partial charge in [-0.05, 0) is 43.4 Å². The third-order valence-electron chi connectivity index (χ3n) is 4.27. The predicted molar refractivity (Wildman–Crippen MR) is 69.3 cm³/mol. The van der Waals surface area contributed by atoms with Gasteiger partial charge in [0, 0.05) is 0 Å². The zero-order valence-corrected chi connectivity index (χ0v) is 11.4. The molecule has 0 bridgehead atoms. The molecule has 1 aliphatic carbocycles. The van der Waals surface area contributed by atoms with Gasteiger partial charge in [-0.3, -0.25) is 0 Å². The fraction of sp³-hybridized carbons (Fsp3) is 0.600. The molecule has 1 aromatic carbocycles. The lowest BCUT2D eigenvalue weighted by Gasteiger charge is -2.38. The smallest absolute Gasteiger partial charge is 0.391 e. The van der Waals surface area contributed by atoms with E-state index in [0.717, 1.165) is 0 Å². The summed E-state index contributed by atoms with van der Waals surface area (Å²) in [5.41, 5.74) is -0.977. The third-order valence-corrected chi connectivity index (χ3v) is 4.27. The minimum atomic E-state index is -4.26. The summed E-state index contributed by atoms with van der Waals surface area (Å²) >= 11 is 0. The zero-order valence-electron chi connectivity index (χ0n) is 11.4. The number of fused-ring (bicyclic) bond motifs is 1. The summed E-state index contributed by atoms with van der Waals surface area (Å²) in [6, 6.07) is 4.89. The number of alkyl halides is 3. The highest BCUT2D eigenvalue weighted by Gasteiger charge is 2.47. The topological polar surface area (TPSA) is 38.7 Å². The molecule has 1 N–H and O–H groups in total. The molecule has 2 aliphatic rings. The Morgan fingerprint density at radius 3 is 2.57 bits per heavy atom. The molecule has 1 heterocycles. The Kier molecular flexibility index (Phi) is 3.51. The molecule has 6 heteroatoms. The zero-order chi connectivity index (χ0) is 15.1. The molecule has 0 aromatic heterocycles. The average Bonchev–Trinajstić information content (AvgIpc) is 2.46. The maximum absolute atomic E-state index is 12.9. The van der Waals surface area contributed by atoms with Crippen LogP contribution in [0.15, 0.2) is 18.2 Å². The van der Waals surface area contributed by atoms with E-state index in [1.54, 1.807) is 18.2 Å². The van der Waals surface area contributed by atoms with E-state index in [2.05, 4.69) is 0 Å². The van der Waals surface area contributed by atoms with Gasteiger partial charge in [0.15, 0.2) is 11.5 Å². The van der Waals surface area contributed by atoms with Crippen molar-refractivity contribution in [2.75, 3.05) is 13.2 Å². The van der Waals surface area contributed by atoms with E-state index >= 15 is 0 Å². The molecule has 116 valence electrons. The van der Waals surface area contributed by atoms with Gasteiger partial charge in [0.25, 0.3) is 0 Å². The Bertz CT molecular complexity index is 529. The van der Waals surface area contributed by atoms with E-state index in [1.807, 2.05) is 0 Å². The lowest BCUT2D eigenvalue weighted by atomic mass is 9.74. The predicted octanol–water partition coefficient (Wildman–Crippen LogP) is 3.40. The van der Waals surface area contributed by atoms with E-state index in [0.29, 0.717) is 43.1 Å². The van der Waals surface area contributed by atoms with Crippen molar-refractivity contribution < 1.29 is 27.8 Å². The Balaban J connectivity index is 1.87. The monoisotopic (exact) mass is 302 g/mol. The summed E-state index contributed by atoms with van der Waals surface area (Å²) in [6.07, 6.45) is -3.79. The van der Waals surface area contributed by atoms with E-state index in [9.17, 15) is 18.3 Å². The molecular weight excluding hydrogens is 285 g/mol. The van der Waals surface area contributed by atoms with Gasteiger partial charge in [-0.15, -0.1) is 0 Å². The Morgan fingerprint density at radius 1 is 1.14 bits per heavy atom. The minimum absolute atomic E-state index is 0.0797. The number of ether oxygens (including phenoxy) is 2. The van der Waals surface area contributed by atoms with Crippen LogP contribution in [0.5, 0.6) is 11.5 Å². The number of halogens is 3. The second-order valence-corrected chi connectivity index (χ2v) is 5.72. The molecular formula is C15H17F3O3. The highest BCUT2D eigenvalue weighted by Crippen LogP contribution is 2.47. The van der Waals surface area contributed by atoms with Gasteiger partial charge in [0.05, 0.1) is 11.5 Å². The van der Waals surface area contributed by atoms with E-state index in [-0.39, 0.29) is 12.8 Å². The molecule has 0 spiro atoms. The minimum Gasteiger partial charge on any atom is -0.486 e. The van der Waals surface area contributed by atoms with E-state index in [1.165, 1.54) is 0 Å². The van der Waals surface area contributed by atoms with Crippen LogP contribution < -0.4 is 9.47 Å². The van der Waals surface area contributed by atoms with Crippen LogP contribution in [-0.2, 0) is 5.60 Å². The molecule has 1 fully saturated rings. The van der Waals surface area contributed by atoms with Crippen molar-refractivity contribution in [1.82, 2.24) is 0 Å². The highest BCUT2D eigenvalue weighted by atomic mass is 19.4. The second-order valence-electron chi connectivity index (χ2n) is 5.72. The molecule has 1 aromatic rings. The van der Waals surface area contributed by atoms with E-state index in [4.69, 9.17) is 9.47 Å². The molecule has 2 unspecified atom stereocenters. The van der Waals surface area contributed by atoms with Crippen LogP contribution in [0, 0.1) is 5.92 Å². The number of hydrogen-bond donors (Lipinski definition) is 1. The first-order chi connectivity index (χ1) is 9.88. The van der Waals surface area contributed by atoms with Gasteiger partial charge in [-0.2, -0.15) is 13.2 Å². The van der Waals surface area contributed by atoms with Crippen molar-refractivity contribution in [3.8, 4) is 11.5 Å². The first kappa shape index (κ1) is 14.5. The summed E-state index contributed by atoms with van der Waals surface area (Å²) < 4.78 is 49.6. The van der Waals surface area contributed by atoms with Crippen molar-refractivity contribution in [2.24, 2.45) is 5.92 Å². The quantitative estimate of drug-likeness (QED) is 0.864. The van der Waals surface area contributed by atoms with Gasteiger partial charge in [0.2, 0.25) is 0 Å². The summed E-state index contributed by atoms with van der Waals surface area (Å²) in [5.74, 6) is -0.400. The normalized spacial score (nSPS) is 29.2. The summed E-state index contributed by atoms with van der Waals surface area (Å²) in [7, 11) is 0. The van der Waals surface area contributed by atoms with Crippen LogP contribution in [0.2, 0.25) is 0 Å². The molecule has 21 heavy (non-hydrogen) atoms. The van der Waals surface area contributed by atoms with Crippen molar-refractivity contribution in [1.29, 1.82) is 0 Å². The average molecular weight is 302 g/mol. The Hall–Kier alpha value is -1.43. The number of benzene rings is 1. The van der Waals surface area contributed by atoms with Gasteiger partial charge in [-0.25, -0.2) is 0 Å². The van der Waals surface area contributed by atoms with Gasteiger partial charge < -0.3 is 14.6 Å². The maximum Gasteiger partial charge on any atom is 0.391 e. The lowest BCUT2D eigenvalue weighted by molar-refractivity contribution is -0.201. The van der Waals surface area contributed by atoms with Crippen molar-refractivity contribution >= 4 is 0 Å². The standard InChI is InChI=1S/C15H17F3O3/c16-15(17,18)11-2-1-5-14(19,9-11)10-3-4-12-13(8-10)21-7-6-20-12/h3-4,8,11,19H,1-2,5-7,9H2. The van der Waals surface area contributed by atoms with Crippen LogP contribution in [0.3, 0.4) is 0 Å². The number of hydrogen-bond acceptors (Lipinski definition) is 3. The largest absolute Gasteiger partial charge is 0.486 e. The van der Waals surface area contributed by atoms with Gasteiger partial charge in [-0.1, -0.05) is 6.07 Å². The number of aliphatic hydroxyl groups is 1. The molecule has 1 aliphatic heterocycles. The number of rotatable bonds is 1. The second kappa shape index (κ2) is 5.09. The van der Waals surface area contributed by atoms with Gasteiger partial charge in [0.1, 0.15) is 13.2 Å². The molecule has 1 saturated carbocycles. The highest BCUT2D eigenvalue weighted by molar-refractivity contribution is 5.45. The SMILES string of the molecule is OC1(c2ccc3c(c2)OCCO3)CCCC(C(F)(F)F)C1. The third kappa shape index (κ3) is 2.81. The summed E-state index contributed by atoms with van der Waals surface area (Å²) in [5, 5.41) is 10.7. The fourth-order valence-electron chi connectivity index (χ4n) is 3.13. The van der Waals surface area contributed by atoms with Crippen LogP contribution in [0.4, 0.5) is 13.2 Å². The Morgan fingerprint density at radius 2 is 1.86 bits per heavy atom. The van der Waals surface area contributed by atoms with Gasteiger partial charge >= 0.3 is 6.18 Å².